The molecule has 1 fully saturated rings. The molecule has 3 amide bonds. The summed E-state index contributed by atoms with van der Waals surface area (Å²) >= 11 is 0. The largest absolute Gasteiger partial charge is 0.493 e. The molecule has 2 heterocycles. The third-order valence-electron chi connectivity index (χ3n) is 5.68. The van der Waals surface area contributed by atoms with Crippen molar-refractivity contribution in [3.63, 3.8) is 0 Å². The third kappa shape index (κ3) is 4.71. The van der Waals surface area contributed by atoms with Gasteiger partial charge in [-0.1, -0.05) is 6.07 Å². The second-order valence-electron chi connectivity index (χ2n) is 7.96. The zero-order chi connectivity index (χ0) is 25.1. The summed E-state index contributed by atoms with van der Waals surface area (Å²) in [5, 5.41) is 5.29. The molecule has 1 atom stereocenters. The number of methoxy groups -OCH3 is 1. The van der Waals surface area contributed by atoms with E-state index in [4.69, 9.17) is 15.2 Å². The van der Waals surface area contributed by atoms with Crippen molar-refractivity contribution in [1.82, 2.24) is 14.9 Å². The van der Waals surface area contributed by atoms with Crippen molar-refractivity contribution >= 4 is 34.3 Å². The topological polar surface area (TPSA) is 155 Å². The molecule has 4 N–H and O–H groups in total. The Balaban J connectivity index is 1.67. The van der Waals surface area contributed by atoms with Crippen molar-refractivity contribution in [2.24, 2.45) is 5.73 Å². The summed E-state index contributed by atoms with van der Waals surface area (Å²) < 4.78 is 12.1. The second kappa shape index (κ2) is 9.94. The zero-order valence-corrected chi connectivity index (χ0v) is 19.3. The second-order valence-corrected chi connectivity index (χ2v) is 7.96. The van der Waals surface area contributed by atoms with Gasteiger partial charge in [0.15, 0.2) is 11.5 Å². The fraction of sp³-hybridized carbons (Fsp3) is 0.292. The molecule has 0 bridgehead atoms. The number of piperidine rings is 1. The first-order valence-corrected chi connectivity index (χ1v) is 11.0. The number of carbonyl (C=O) groups is 3. The van der Waals surface area contributed by atoms with Crippen molar-refractivity contribution in [1.29, 1.82) is 0 Å². The lowest BCUT2D eigenvalue weighted by atomic mass is 10.1. The molecule has 1 aromatic heterocycles. The first-order valence-electron chi connectivity index (χ1n) is 11.0. The average molecular weight is 479 g/mol. The Morgan fingerprint density at radius 2 is 2.03 bits per heavy atom. The number of hydrogen-bond acceptors (Lipinski definition) is 8. The summed E-state index contributed by atoms with van der Waals surface area (Å²) in [4.78, 5) is 54.7. The molecule has 1 unspecified atom stereocenters. The van der Waals surface area contributed by atoms with Crippen LogP contribution in [0.3, 0.4) is 0 Å². The quantitative estimate of drug-likeness (QED) is 0.428. The molecule has 1 saturated heterocycles. The van der Waals surface area contributed by atoms with Gasteiger partial charge in [-0.25, -0.2) is 4.98 Å². The van der Waals surface area contributed by atoms with Crippen LogP contribution in [0.5, 0.6) is 11.5 Å². The number of rotatable bonds is 7. The summed E-state index contributed by atoms with van der Waals surface area (Å²) in [5.41, 5.74) is 5.98. The molecule has 11 nitrogen and oxygen atoms in total. The van der Waals surface area contributed by atoms with Crippen LogP contribution < -0.4 is 31.4 Å². The molecule has 0 spiro atoms. The summed E-state index contributed by atoms with van der Waals surface area (Å²) in [6.45, 7) is 2.25. The molecule has 182 valence electrons. The van der Waals surface area contributed by atoms with Crippen molar-refractivity contribution in [3.05, 3.63) is 58.1 Å². The van der Waals surface area contributed by atoms with Crippen LogP contribution in [0.25, 0.3) is 10.9 Å². The van der Waals surface area contributed by atoms with Gasteiger partial charge >= 0.3 is 0 Å². The lowest BCUT2D eigenvalue weighted by Gasteiger charge is -2.24. The number of ether oxygens (including phenoxy) is 2. The van der Waals surface area contributed by atoms with Crippen molar-refractivity contribution < 1.29 is 23.9 Å². The molecule has 3 aromatic rings. The summed E-state index contributed by atoms with van der Waals surface area (Å²) in [6, 6.07) is 8.75. The Hall–Kier alpha value is -4.25. The van der Waals surface area contributed by atoms with Crippen LogP contribution in [0, 0.1) is 6.92 Å². The van der Waals surface area contributed by atoms with Gasteiger partial charge < -0.3 is 20.5 Å². The maximum atomic E-state index is 13.3. The molecule has 2 aromatic carbocycles. The number of para-hydroxylation sites is 1. The highest BCUT2D eigenvalue weighted by Crippen LogP contribution is 2.29. The number of fused-ring (bicyclic) bond motifs is 1. The maximum Gasteiger partial charge on any atom is 0.262 e. The number of benzene rings is 2. The van der Waals surface area contributed by atoms with E-state index in [2.05, 4.69) is 15.6 Å². The Morgan fingerprint density at radius 1 is 1.23 bits per heavy atom. The number of carbonyl (C=O) groups excluding carboxylic acids is 3. The van der Waals surface area contributed by atoms with E-state index >= 15 is 0 Å². The number of hydrogen-bond donors (Lipinski definition) is 3. The molecule has 1 aliphatic heterocycles. The van der Waals surface area contributed by atoms with Crippen LogP contribution in [0.2, 0.25) is 0 Å². The van der Waals surface area contributed by atoms with Gasteiger partial charge in [0.1, 0.15) is 24.0 Å². The van der Waals surface area contributed by atoms with E-state index in [0.29, 0.717) is 47.2 Å². The molecular weight excluding hydrogens is 454 g/mol. The standard InChI is InChI=1S/C24H25N5O6/c1-13-26-21-15(24(33)29(13)17-7-9-20(30)28-23(17)32)4-3-5-16(21)27-22(31)14-6-8-18(35-11-10-25)19(12-14)34-2/h3-6,8,12,17H,7,9-11,25H2,1-2H3,(H,27,31)(H,28,30,32). The van der Waals surface area contributed by atoms with Crippen molar-refractivity contribution in [3.8, 4) is 11.5 Å². The molecule has 0 aliphatic carbocycles. The highest BCUT2D eigenvalue weighted by Gasteiger charge is 2.30. The number of aryl methyl sites for hydroxylation is 1. The first kappa shape index (κ1) is 23.9. The lowest BCUT2D eigenvalue weighted by molar-refractivity contribution is -0.135. The highest BCUT2D eigenvalue weighted by molar-refractivity contribution is 6.08. The van der Waals surface area contributed by atoms with E-state index in [1.165, 1.54) is 11.7 Å². The molecule has 11 heteroatoms. The fourth-order valence-electron chi connectivity index (χ4n) is 4.02. The molecule has 0 radical (unpaired) electrons. The number of anilines is 1. The van der Waals surface area contributed by atoms with Crippen LogP contribution in [-0.4, -0.2) is 47.5 Å². The smallest absolute Gasteiger partial charge is 0.262 e. The lowest BCUT2D eigenvalue weighted by Crippen LogP contribution is -2.45. The van der Waals surface area contributed by atoms with E-state index in [0.717, 1.165) is 0 Å². The van der Waals surface area contributed by atoms with E-state index in [-0.39, 0.29) is 24.1 Å². The number of nitrogens with zero attached hydrogens (tertiary/aromatic N) is 2. The SMILES string of the molecule is COc1cc(C(=O)Nc2cccc3c(=O)n(C4CCC(=O)NC4=O)c(C)nc23)ccc1OCCN. The molecule has 1 aliphatic rings. The van der Waals surface area contributed by atoms with Gasteiger partial charge in [-0.15, -0.1) is 0 Å². The van der Waals surface area contributed by atoms with Crippen LogP contribution in [0.1, 0.15) is 35.1 Å². The number of nitrogens with one attached hydrogen (secondary N) is 2. The minimum atomic E-state index is -0.831. The summed E-state index contributed by atoms with van der Waals surface area (Å²) in [5.74, 6) is -0.205. The fourth-order valence-corrected chi connectivity index (χ4v) is 4.02. The average Bonchev–Trinajstić information content (AvgIpc) is 2.84. The van der Waals surface area contributed by atoms with Gasteiger partial charge in [-0.3, -0.25) is 29.1 Å². The van der Waals surface area contributed by atoms with E-state index in [9.17, 15) is 19.2 Å². The highest BCUT2D eigenvalue weighted by atomic mass is 16.5. The first-order chi connectivity index (χ1) is 16.8. The van der Waals surface area contributed by atoms with Crippen LogP contribution >= 0.6 is 0 Å². The normalized spacial score (nSPS) is 15.6. The number of nitrogens with two attached hydrogens (primary N) is 1. The minimum absolute atomic E-state index is 0.135. The molecule has 35 heavy (non-hydrogen) atoms. The predicted molar refractivity (Wildman–Crippen MR) is 128 cm³/mol. The van der Waals surface area contributed by atoms with Crippen LogP contribution in [0.15, 0.2) is 41.2 Å². The summed E-state index contributed by atoms with van der Waals surface area (Å²) in [6.07, 6.45) is 0.345. The van der Waals surface area contributed by atoms with Gasteiger partial charge in [-0.2, -0.15) is 0 Å². The van der Waals surface area contributed by atoms with Gasteiger partial charge in [0.25, 0.3) is 11.5 Å². The van der Waals surface area contributed by atoms with E-state index in [1.54, 1.807) is 43.3 Å². The van der Waals surface area contributed by atoms with Gasteiger partial charge in [0.2, 0.25) is 11.8 Å². The Morgan fingerprint density at radius 3 is 2.74 bits per heavy atom. The number of imide groups is 1. The Kier molecular flexibility index (Phi) is 6.78. The zero-order valence-electron chi connectivity index (χ0n) is 19.3. The Labute approximate surface area is 200 Å². The monoisotopic (exact) mass is 479 g/mol. The van der Waals surface area contributed by atoms with Crippen LogP contribution in [0.4, 0.5) is 5.69 Å². The molecular formula is C24H25N5O6. The van der Waals surface area contributed by atoms with Crippen molar-refractivity contribution in [2.45, 2.75) is 25.8 Å². The van der Waals surface area contributed by atoms with Crippen molar-refractivity contribution in [2.75, 3.05) is 25.6 Å². The summed E-state index contributed by atoms with van der Waals surface area (Å²) in [7, 11) is 1.47. The van der Waals surface area contributed by atoms with Gasteiger partial charge in [0.05, 0.1) is 18.2 Å². The van der Waals surface area contributed by atoms with E-state index < -0.39 is 23.4 Å². The van der Waals surface area contributed by atoms with E-state index in [1.807, 2.05) is 0 Å². The van der Waals surface area contributed by atoms with Gasteiger partial charge in [0, 0.05) is 18.5 Å². The number of aromatic nitrogens is 2. The minimum Gasteiger partial charge on any atom is -0.493 e. The van der Waals surface area contributed by atoms with Crippen LogP contribution in [-0.2, 0) is 9.59 Å². The molecule has 4 rings (SSSR count). The predicted octanol–water partition coefficient (Wildman–Crippen LogP) is 1.28. The van der Waals surface area contributed by atoms with Gasteiger partial charge in [-0.05, 0) is 43.7 Å². The number of amides is 3. The maximum absolute atomic E-state index is 13.3. The Bertz CT molecular complexity index is 1380. The third-order valence-corrected chi connectivity index (χ3v) is 5.68. The molecule has 0 saturated carbocycles.